The first-order valence-corrected chi connectivity index (χ1v) is 41.4. The van der Waals surface area contributed by atoms with Gasteiger partial charge in [-0.1, -0.05) is 256 Å². The molecule has 6 nitrogen and oxygen atoms in total. The summed E-state index contributed by atoms with van der Waals surface area (Å²) >= 11 is 12.2. The Morgan fingerprint density at radius 1 is 0.344 bits per heavy atom. The highest BCUT2D eigenvalue weighted by Crippen LogP contribution is 2.58. The summed E-state index contributed by atoms with van der Waals surface area (Å²) in [6, 6.07) is 34.8. The van der Waals surface area contributed by atoms with E-state index in [-0.39, 0.29) is 11.9 Å². The lowest BCUT2D eigenvalue weighted by atomic mass is 10.0. The first kappa shape index (κ1) is 70.9. The van der Waals surface area contributed by atoms with Gasteiger partial charge in [0.25, 0.3) is 0 Å². The molecule has 0 amide bonds. The van der Waals surface area contributed by atoms with E-state index in [2.05, 4.69) is 139 Å². The number of carbonyl (C=O) groups excluding carboxylic acids is 2. The van der Waals surface area contributed by atoms with E-state index in [1.165, 1.54) is 128 Å². The molecule has 0 bridgehead atoms. The highest BCUT2D eigenvalue weighted by atomic mass is 32.1. The standard InChI is InChI=1S/C80H100O6S7/c1-7-13-17-19-21-23-25-27-29-37-47-83-69-59-49-65(73-62-52-67(79(81)85-53-55(11-5)39-15-9-3)90-76(62)71(92-73)58-43-35-32-36-44-58)88-74(59)70(84-48-38-30-28-26-24-22-20-18-14-8-2)60-50-66(89-75(60)69)78-77-61(51-68(91-77)80(82)86-54-56(12-6)40-16-10-4)72(93-78)64-46-45-63(87-64)57-41-33-31-34-42-57/h31-36,41-46,49-52,55-56H,7-30,37-40,47-48,53-54H2,1-6H3. The van der Waals surface area contributed by atoms with Crippen molar-refractivity contribution in [2.75, 3.05) is 26.4 Å². The molecule has 0 saturated carbocycles. The normalized spacial score (nSPS) is 12.5. The number of benzene rings is 3. The van der Waals surface area contributed by atoms with Crippen molar-refractivity contribution in [1.29, 1.82) is 0 Å². The average molecular weight is 1380 g/mol. The molecule has 0 aliphatic rings. The van der Waals surface area contributed by atoms with E-state index in [9.17, 15) is 9.59 Å². The van der Waals surface area contributed by atoms with Crippen LogP contribution in [-0.4, -0.2) is 38.4 Å². The van der Waals surface area contributed by atoms with Crippen LogP contribution in [0.5, 0.6) is 11.5 Å². The monoisotopic (exact) mass is 1380 g/mol. The van der Waals surface area contributed by atoms with Crippen LogP contribution < -0.4 is 9.47 Å². The summed E-state index contributed by atoms with van der Waals surface area (Å²) in [7, 11) is 0. The second-order valence-electron chi connectivity index (χ2n) is 25.6. The van der Waals surface area contributed by atoms with Crippen LogP contribution in [0.2, 0.25) is 0 Å². The minimum absolute atomic E-state index is 0.233. The Labute approximate surface area is 583 Å². The number of fused-ring (bicyclic) bond motifs is 4. The van der Waals surface area contributed by atoms with Crippen molar-refractivity contribution in [2.45, 2.75) is 221 Å². The zero-order valence-electron chi connectivity index (χ0n) is 56.3. The lowest BCUT2D eigenvalue weighted by Gasteiger charge is -2.14. The molecule has 7 aromatic heterocycles. The largest absolute Gasteiger partial charge is 0.491 e. The van der Waals surface area contributed by atoms with Crippen LogP contribution in [0.1, 0.15) is 241 Å². The molecule has 10 rings (SSSR count). The predicted octanol–water partition coefficient (Wildman–Crippen LogP) is 28.4. The van der Waals surface area contributed by atoms with Crippen molar-refractivity contribution in [1.82, 2.24) is 0 Å². The van der Waals surface area contributed by atoms with E-state index in [0.717, 1.165) is 154 Å². The summed E-state index contributed by atoms with van der Waals surface area (Å²) in [4.78, 5) is 39.0. The Hall–Kier alpha value is -4.86. The Balaban J connectivity index is 1.07. The van der Waals surface area contributed by atoms with Crippen molar-refractivity contribution < 1.29 is 28.5 Å². The minimum Gasteiger partial charge on any atom is -0.491 e. The maximum atomic E-state index is 14.3. The fourth-order valence-electron chi connectivity index (χ4n) is 12.7. The van der Waals surface area contributed by atoms with E-state index < -0.39 is 0 Å². The molecule has 3 aromatic carbocycles. The molecule has 93 heavy (non-hydrogen) atoms. The van der Waals surface area contributed by atoms with Crippen LogP contribution in [0.4, 0.5) is 0 Å². The second kappa shape index (κ2) is 37.0. The molecular weight excluding hydrogens is 1280 g/mol. The summed E-state index contributed by atoms with van der Waals surface area (Å²) < 4.78 is 31.4. The van der Waals surface area contributed by atoms with Crippen molar-refractivity contribution in [2.24, 2.45) is 11.8 Å². The van der Waals surface area contributed by atoms with Crippen LogP contribution >= 0.6 is 79.4 Å². The summed E-state index contributed by atoms with van der Waals surface area (Å²) in [5.41, 5.74) is 2.34. The van der Waals surface area contributed by atoms with Crippen molar-refractivity contribution >= 4 is 132 Å². The third-order valence-electron chi connectivity index (χ3n) is 18.4. The highest BCUT2D eigenvalue weighted by molar-refractivity contribution is 7.35. The minimum atomic E-state index is -0.234. The number of thiophene rings is 7. The topological polar surface area (TPSA) is 71.1 Å². The van der Waals surface area contributed by atoms with Crippen LogP contribution in [0.3, 0.4) is 0 Å². The van der Waals surface area contributed by atoms with Crippen molar-refractivity contribution in [3.8, 4) is 61.6 Å². The van der Waals surface area contributed by atoms with Gasteiger partial charge in [-0.15, -0.1) is 79.4 Å². The number of unbranched alkanes of at least 4 members (excludes halogenated alkanes) is 20. The summed E-state index contributed by atoms with van der Waals surface area (Å²) in [5, 5.41) is 4.34. The van der Waals surface area contributed by atoms with Gasteiger partial charge < -0.3 is 18.9 Å². The third kappa shape index (κ3) is 18.6. The molecule has 7 heterocycles. The number of esters is 2. The highest BCUT2D eigenvalue weighted by Gasteiger charge is 2.29. The van der Waals surface area contributed by atoms with Gasteiger partial charge in [-0.3, -0.25) is 0 Å². The van der Waals surface area contributed by atoms with E-state index in [1.54, 1.807) is 45.3 Å². The molecule has 2 atom stereocenters. The molecule has 0 aliphatic carbocycles. The maximum absolute atomic E-state index is 14.3. The maximum Gasteiger partial charge on any atom is 0.348 e. The van der Waals surface area contributed by atoms with Gasteiger partial charge >= 0.3 is 11.9 Å². The van der Waals surface area contributed by atoms with E-state index in [0.29, 0.717) is 48.0 Å². The van der Waals surface area contributed by atoms with E-state index in [1.807, 2.05) is 34.0 Å². The first-order chi connectivity index (χ1) is 45.7. The molecular formula is C80H100O6S7. The zero-order valence-corrected chi connectivity index (χ0v) is 62.0. The SMILES string of the molecule is CCCCCCCCCCCCOc1c2cc(-c3sc(-c4ccc(-c5ccccc5)s4)c4cc(C(=O)OCC(CC)CCCC)sc34)sc2c(OCCCCCCCCCCCC)c2cc(-c3sc(-c4ccccc4)c4sc(C(=O)OCC(CC)CCCC)cc34)sc12. The van der Waals surface area contributed by atoms with E-state index in [4.69, 9.17) is 18.9 Å². The van der Waals surface area contributed by atoms with Gasteiger partial charge in [0, 0.05) is 41.1 Å². The fourth-order valence-corrected chi connectivity index (χ4v) is 21.4. The fraction of sp³-hybridized carbons (Fsp3) is 0.500. The van der Waals surface area contributed by atoms with Gasteiger partial charge in [0.05, 0.1) is 64.7 Å². The number of rotatable bonds is 43. The average Bonchev–Trinajstić information content (AvgIpc) is 1.57. The van der Waals surface area contributed by atoms with Crippen molar-refractivity contribution in [3.63, 3.8) is 0 Å². The second-order valence-corrected chi connectivity index (χ2v) is 32.9. The van der Waals surface area contributed by atoms with Gasteiger partial charge in [-0.05, 0) is 85.0 Å². The molecule has 0 fully saturated rings. The number of hydrogen-bond acceptors (Lipinski definition) is 13. The van der Waals surface area contributed by atoms with Crippen LogP contribution in [0, 0.1) is 11.8 Å². The van der Waals surface area contributed by atoms with Crippen molar-refractivity contribution in [3.05, 3.63) is 107 Å². The Morgan fingerprint density at radius 3 is 1.20 bits per heavy atom. The van der Waals surface area contributed by atoms with Gasteiger partial charge in [-0.25, -0.2) is 9.59 Å². The molecule has 0 radical (unpaired) electrons. The summed E-state index contributed by atoms with van der Waals surface area (Å²) in [5.74, 6) is 2.08. The third-order valence-corrected chi connectivity index (χ3v) is 27.3. The zero-order chi connectivity index (χ0) is 64.7. The Kier molecular flexibility index (Phi) is 28.2. The molecule has 0 spiro atoms. The Morgan fingerprint density at radius 2 is 0.742 bits per heavy atom. The smallest absolute Gasteiger partial charge is 0.348 e. The van der Waals surface area contributed by atoms with Gasteiger partial charge in [0.2, 0.25) is 0 Å². The molecule has 10 aromatic rings. The van der Waals surface area contributed by atoms with Gasteiger partial charge in [-0.2, -0.15) is 0 Å². The summed E-state index contributed by atoms with van der Waals surface area (Å²) in [6.07, 6.45) is 33.8. The van der Waals surface area contributed by atoms with Crippen LogP contribution in [-0.2, 0) is 9.47 Å². The molecule has 498 valence electrons. The van der Waals surface area contributed by atoms with E-state index >= 15 is 0 Å². The lowest BCUT2D eigenvalue weighted by molar-refractivity contribution is 0.0425. The van der Waals surface area contributed by atoms with Crippen LogP contribution in [0.15, 0.2) is 97.1 Å². The van der Waals surface area contributed by atoms with Gasteiger partial charge in [0.1, 0.15) is 21.3 Å². The molecule has 0 N–H and O–H groups in total. The molecule has 0 saturated heterocycles. The first-order valence-electron chi connectivity index (χ1n) is 35.7. The quantitative estimate of drug-likeness (QED) is 0.0280. The molecule has 2 unspecified atom stereocenters. The predicted molar refractivity (Wildman–Crippen MR) is 411 cm³/mol. The number of ether oxygens (including phenoxy) is 4. The number of hydrogen-bond donors (Lipinski definition) is 0. The lowest BCUT2D eigenvalue weighted by Crippen LogP contribution is -2.13. The molecule has 13 heteroatoms. The summed E-state index contributed by atoms with van der Waals surface area (Å²) in [6.45, 7) is 15.6. The Bertz CT molecular complexity index is 3800. The number of carbonyl (C=O) groups is 2. The van der Waals surface area contributed by atoms with Crippen LogP contribution in [0.25, 0.3) is 90.5 Å². The molecule has 0 aliphatic heterocycles. The van der Waals surface area contributed by atoms with Gasteiger partial charge in [0.15, 0.2) is 0 Å².